The third kappa shape index (κ3) is 3.95. The number of rotatable bonds is 8. The van der Waals surface area contributed by atoms with Gasteiger partial charge in [0.05, 0.1) is 0 Å². The first kappa shape index (κ1) is 23.7. The molecule has 4 aliphatic carbocycles. The molecule has 0 amide bonds. The number of benzene rings is 2. The van der Waals surface area contributed by atoms with Gasteiger partial charge in [0.1, 0.15) is 6.10 Å². The number of unbranched alkanes of at least 4 members (excludes halogenated alkanes) is 1. The van der Waals surface area contributed by atoms with E-state index in [9.17, 15) is 9.90 Å². The molecule has 36 heavy (non-hydrogen) atoms. The van der Waals surface area contributed by atoms with Crippen molar-refractivity contribution in [3.05, 3.63) is 89.0 Å². The van der Waals surface area contributed by atoms with Crippen molar-refractivity contribution in [2.45, 2.75) is 69.1 Å². The number of ether oxygens (including phenoxy) is 1. The van der Waals surface area contributed by atoms with Crippen LogP contribution in [0.15, 0.2) is 72.3 Å². The van der Waals surface area contributed by atoms with E-state index >= 15 is 0 Å². The number of nitrogens with zero attached hydrogens (tertiary/aromatic N) is 1. The third-order valence-electron chi connectivity index (χ3n) is 9.18. The fourth-order valence-electron chi connectivity index (χ4n) is 7.35. The quantitative estimate of drug-likeness (QED) is 0.389. The van der Waals surface area contributed by atoms with Crippen molar-refractivity contribution in [3.8, 4) is 0 Å². The summed E-state index contributed by atoms with van der Waals surface area (Å²) in [5, 5.41) is 11.9. The Kier molecular flexibility index (Phi) is 6.35. The van der Waals surface area contributed by atoms with E-state index in [1.807, 2.05) is 24.3 Å². The minimum Gasteiger partial charge on any atom is -0.459 e. The summed E-state index contributed by atoms with van der Waals surface area (Å²) in [6, 6.07) is 18.9. The Bertz CT molecular complexity index is 1180. The number of esters is 1. The van der Waals surface area contributed by atoms with Crippen LogP contribution in [0.4, 0.5) is 0 Å². The van der Waals surface area contributed by atoms with Crippen molar-refractivity contribution in [2.24, 2.45) is 11.8 Å². The van der Waals surface area contributed by atoms with E-state index in [-0.39, 0.29) is 6.10 Å². The number of hydrogen-bond acceptors (Lipinski definition) is 4. The van der Waals surface area contributed by atoms with Crippen LogP contribution in [0.3, 0.4) is 0 Å². The maximum absolute atomic E-state index is 13.7. The molecule has 0 spiro atoms. The number of aryl methyl sites for hydroxylation is 1. The molecule has 1 N–H and O–H groups in total. The summed E-state index contributed by atoms with van der Waals surface area (Å²) in [7, 11) is 2.24. The first-order valence-electron chi connectivity index (χ1n) is 13.7. The topological polar surface area (TPSA) is 49.8 Å². The molecule has 6 rings (SSSR count). The van der Waals surface area contributed by atoms with E-state index in [1.165, 1.54) is 18.4 Å². The second-order valence-electron chi connectivity index (χ2n) is 11.2. The first-order valence-corrected chi connectivity index (χ1v) is 13.7. The zero-order valence-electron chi connectivity index (χ0n) is 21.2. The summed E-state index contributed by atoms with van der Waals surface area (Å²) in [5.74, 6) is 0.289. The lowest BCUT2D eigenvalue weighted by atomic mass is 9.86. The maximum atomic E-state index is 13.7. The normalized spacial score (nSPS) is 30.1. The van der Waals surface area contributed by atoms with Crippen LogP contribution in [-0.4, -0.2) is 41.7 Å². The molecule has 4 nitrogen and oxygen atoms in total. The summed E-state index contributed by atoms with van der Waals surface area (Å²) in [6.07, 6.45) is 12.4. The lowest BCUT2D eigenvalue weighted by Gasteiger charge is -2.32. The fraction of sp³-hybridized carbons (Fsp3) is 0.469. The van der Waals surface area contributed by atoms with Gasteiger partial charge in [-0.2, -0.15) is 0 Å². The highest BCUT2D eigenvalue weighted by atomic mass is 16.6. The van der Waals surface area contributed by atoms with Crippen LogP contribution in [0.5, 0.6) is 0 Å². The first-order chi connectivity index (χ1) is 17.6. The largest absolute Gasteiger partial charge is 0.459 e. The van der Waals surface area contributed by atoms with Gasteiger partial charge in [0.15, 0.2) is 0 Å². The number of allylic oxidation sites excluding steroid dienone is 3. The SMILES string of the molecule is CN(CCCCc1ccccc1)C1CC2CCC1C2OC(=O)C1(O)C2=C(C=CCC2)c2ccccc21. The van der Waals surface area contributed by atoms with Crippen LogP contribution < -0.4 is 0 Å². The summed E-state index contributed by atoms with van der Waals surface area (Å²) < 4.78 is 6.28. The second-order valence-corrected chi connectivity index (χ2v) is 11.2. The number of carbonyl (C=O) groups is 1. The predicted molar refractivity (Wildman–Crippen MR) is 142 cm³/mol. The molecule has 4 aliphatic rings. The molecule has 2 aromatic carbocycles. The van der Waals surface area contributed by atoms with Crippen molar-refractivity contribution in [1.82, 2.24) is 4.90 Å². The Morgan fingerprint density at radius 1 is 1.08 bits per heavy atom. The highest BCUT2D eigenvalue weighted by Crippen LogP contribution is 2.52. The van der Waals surface area contributed by atoms with Crippen LogP contribution in [-0.2, 0) is 21.6 Å². The van der Waals surface area contributed by atoms with Crippen molar-refractivity contribution >= 4 is 11.5 Å². The molecule has 4 heteroatoms. The Hall–Kier alpha value is -2.69. The number of fused-ring (bicyclic) bond motifs is 4. The summed E-state index contributed by atoms with van der Waals surface area (Å²) in [6.45, 7) is 1.07. The van der Waals surface area contributed by atoms with Gasteiger partial charge in [-0.3, -0.25) is 0 Å². The summed E-state index contributed by atoms with van der Waals surface area (Å²) in [4.78, 5) is 16.2. The Balaban J connectivity index is 1.11. The Morgan fingerprint density at radius 3 is 2.75 bits per heavy atom. The zero-order valence-corrected chi connectivity index (χ0v) is 21.2. The monoisotopic (exact) mass is 483 g/mol. The Morgan fingerprint density at radius 2 is 1.89 bits per heavy atom. The van der Waals surface area contributed by atoms with Gasteiger partial charge in [-0.1, -0.05) is 66.7 Å². The lowest BCUT2D eigenvalue weighted by molar-refractivity contribution is -0.170. The smallest absolute Gasteiger partial charge is 0.347 e. The highest BCUT2D eigenvalue weighted by molar-refractivity contribution is 5.98. The van der Waals surface area contributed by atoms with Crippen LogP contribution in [0.2, 0.25) is 0 Å². The molecule has 188 valence electrons. The van der Waals surface area contributed by atoms with Crippen molar-refractivity contribution in [1.29, 1.82) is 0 Å². The van der Waals surface area contributed by atoms with Gasteiger partial charge in [0.25, 0.3) is 0 Å². The fourth-order valence-corrected chi connectivity index (χ4v) is 7.35. The van der Waals surface area contributed by atoms with Gasteiger partial charge in [-0.25, -0.2) is 4.79 Å². The predicted octanol–water partition coefficient (Wildman–Crippen LogP) is 5.66. The van der Waals surface area contributed by atoms with Crippen LogP contribution in [0.1, 0.15) is 61.6 Å². The van der Waals surface area contributed by atoms with Crippen molar-refractivity contribution in [2.75, 3.05) is 13.6 Å². The molecule has 0 radical (unpaired) electrons. The van der Waals surface area contributed by atoms with Gasteiger partial charge in [0, 0.05) is 17.5 Å². The van der Waals surface area contributed by atoms with E-state index in [4.69, 9.17) is 4.74 Å². The summed E-state index contributed by atoms with van der Waals surface area (Å²) in [5.41, 5.74) is 3.21. The second kappa shape index (κ2) is 9.64. The van der Waals surface area contributed by atoms with Crippen molar-refractivity contribution < 1.29 is 14.6 Å². The minimum atomic E-state index is -1.66. The molecule has 0 aliphatic heterocycles. The molecule has 0 heterocycles. The Labute approximate surface area is 214 Å². The standard InChI is InChI=1S/C32H37NO3/c1-33(20-10-9-13-22-11-3-2-4-12-22)29-21-23-18-19-26(29)30(23)36-31(34)32(35)27-16-7-5-14-24(27)25-15-6-8-17-28(25)32/h2-7,11-12,14-16,23,26,29-30,35H,8-10,13,17-21H2,1H3. The molecule has 2 bridgehead atoms. The van der Waals surface area contributed by atoms with E-state index < -0.39 is 11.6 Å². The maximum Gasteiger partial charge on any atom is 0.347 e. The number of aliphatic hydroxyl groups is 1. The third-order valence-corrected chi connectivity index (χ3v) is 9.18. The van der Waals surface area contributed by atoms with Crippen molar-refractivity contribution in [3.63, 3.8) is 0 Å². The van der Waals surface area contributed by atoms with Crippen LogP contribution in [0, 0.1) is 11.8 Å². The average molecular weight is 484 g/mol. The van der Waals surface area contributed by atoms with Gasteiger partial charge < -0.3 is 14.7 Å². The molecular formula is C32H37NO3. The van der Waals surface area contributed by atoms with Crippen LogP contribution >= 0.6 is 0 Å². The zero-order chi connectivity index (χ0) is 24.7. The molecule has 5 unspecified atom stereocenters. The lowest BCUT2D eigenvalue weighted by Crippen LogP contribution is -2.42. The molecule has 2 fully saturated rings. The molecule has 5 atom stereocenters. The highest BCUT2D eigenvalue weighted by Gasteiger charge is 2.55. The van der Waals surface area contributed by atoms with Gasteiger partial charge in [-0.15, -0.1) is 0 Å². The minimum absolute atomic E-state index is 0.0887. The van der Waals surface area contributed by atoms with Gasteiger partial charge >= 0.3 is 5.97 Å². The number of hydrogen-bond donors (Lipinski definition) is 1. The molecular weight excluding hydrogens is 446 g/mol. The van der Waals surface area contributed by atoms with E-state index in [1.54, 1.807) is 0 Å². The van der Waals surface area contributed by atoms with E-state index in [2.05, 4.69) is 54.4 Å². The summed E-state index contributed by atoms with van der Waals surface area (Å²) >= 11 is 0. The number of carbonyl (C=O) groups excluding carboxylic acids is 1. The molecule has 0 saturated heterocycles. The molecule has 0 aromatic heterocycles. The molecule has 2 saturated carbocycles. The van der Waals surface area contributed by atoms with E-state index in [0.717, 1.165) is 55.4 Å². The average Bonchev–Trinajstić information content (AvgIpc) is 3.55. The van der Waals surface area contributed by atoms with Crippen LogP contribution in [0.25, 0.3) is 5.57 Å². The van der Waals surface area contributed by atoms with Gasteiger partial charge in [-0.05, 0) is 93.2 Å². The van der Waals surface area contributed by atoms with Gasteiger partial charge in [0.2, 0.25) is 5.60 Å². The molecule has 2 aromatic rings. The van der Waals surface area contributed by atoms with E-state index in [0.29, 0.717) is 29.9 Å².